The van der Waals surface area contributed by atoms with Gasteiger partial charge in [0.1, 0.15) is 13.7 Å². The number of nitrogens with zero attached hydrogens (tertiary/aromatic N) is 2. The molecule has 0 saturated carbocycles. The molecule has 0 aliphatic heterocycles. The third-order valence-electron chi connectivity index (χ3n) is 4.02. The Labute approximate surface area is 175 Å². The lowest BCUT2D eigenvalue weighted by Gasteiger charge is -2.12. The maximum absolute atomic E-state index is 14.0. The maximum Gasteiger partial charge on any atom is 0.360 e. The summed E-state index contributed by atoms with van der Waals surface area (Å²) in [7, 11) is 2.55. The Morgan fingerprint density at radius 1 is 1.14 bits per heavy atom. The lowest BCUT2D eigenvalue weighted by atomic mass is 9.99. The minimum atomic E-state index is -1.02. The van der Waals surface area contributed by atoms with Crippen molar-refractivity contribution in [3.05, 3.63) is 68.7 Å². The zero-order chi connectivity index (χ0) is 21.6. The van der Waals surface area contributed by atoms with Gasteiger partial charge in [-0.2, -0.15) is 0 Å². The van der Waals surface area contributed by atoms with Crippen LogP contribution < -0.4 is 0 Å². The van der Waals surface area contributed by atoms with E-state index >= 15 is 0 Å². The molecule has 6 nitrogen and oxygen atoms in total. The van der Waals surface area contributed by atoms with Crippen LogP contribution in [0.25, 0.3) is 0 Å². The molecule has 0 heterocycles. The first-order chi connectivity index (χ1) is 13.8. The Morgan fingerprint density at radius 3 is 2.52 bits per heavy atom. The van der Waals surface area contributed by atoms with Crippen LogP contribution >= 0.6 is 15.9 Å². The molecule has 0 bridgehead atoms. The minimum absolute atomic E-state index is 0.0295. The van der Waals surface area contributed by atoms with Crippen molar-refractivity contribution in [2.45, 2.75) is 20.5 Å². The van der Waals surface area contributed by atoms with Gasteiger partial charge in [0.05, 0.1) is 12.8 Å². The number of carbonyl (C=O) groups is 1. The molecule has 0 spiro atoms. The fourth-order valence-corrected chi connectivity index (χ4v) is 2.99. The Hall–Kier alpha value is -2.81. The summed E-state index contributed by atoms with van der Waals surface area (Å²) in [5.74, 6) is -2.69. The monoisotopic (exact) mass is 468 g/mol. The van der Waals surface area contributed by atoms with Crippen molar-refractivity contribution >= 4 is 33.3 Å². The third kappa shape index (κ3) is 5.38. The average Bonchev–Trinajstić information content (AvgIpc) is 2.69. The molecule has 0 saturated heterocycles. The smallest absolute Gasteiger partial charge is 0.360 e. The normalized spacial score (nSPS) is 12.0. The number of oxime groups is 2. The second-order valence-electron chi connectivity index (χ2n) is 5.91. The average molecular weight is 469 g/mol. The van der Waals surface area contributed by atoms with E-state index in [9.17, 15) is 13.6 Å². The van der Waals surface area contributed by atoms with Crippen molar-refractivity contribution in [1.29, 1.82) is 0 Å². The molecule has 0 atom stereocenters. The summed E-state index contributed by atoms with van der Waals surface area (Å²) in [6.07, 6.45) is 0. The summed E-state index contributed by atoms with van der Waals surface area (Å²) in [6, 6.07) is 7.66. The number of carbonyl (C=O) groups excluding carboxylic acids is 1. The number of esters is 1. The highest BCUT2D eigenvalue weighted by Crippen LogP contribution is 2.21. The molecular formula is C20H19BrF2N2O4. The largest absolute Gasteiger partial charge is 0.464 e. The lowest BCUT2D eigenvalue weighted by Crippen LogP contribution is -2.20. The van der Waals surface area contributed by atoms with Crippen molar-refractivity contribution < 1.29 is 28.0 Å². The van der Waals surface area contributed by atoms with Crippen LogP contribution in [0.2, 0.25) is 0 Å². The van der Waals surface area contributed by atoms with Crippen LogP contribution in [0, 0.1) is 18.6 Å². The number of rotatable bonds is 7. The summed E-state index contributed by atoms with van der Waals surface area (Å²) in [4.78, 5) is 22.2. The van der Waals surface area contributed by atoms with Crippen LogP contribution in [0.4, 0.5) is 8.78 Å². The summed E-state index contributed by atoms with van der Waals surface area (Å²) >= 11 is 3.12. The second-order valence-corrected chi connectivity index (χ2v) is 6.83. The molecule has 0 aliphatic rings. The summed E-state index contributed by atoms with van der Waals surface area (Å²) in [5, 5.41) is 7.63. The highest BCUT2D eigenvalue weighted by atomic mass is 79.9. The van der Waals surface area contributed by atoms with Crippen LogP contribution in [0.3, 0.4) is 0 Å². The standard InChI is InChI=1S/C20H19BrF2N2O4/c1-11-6-5-7-14(19(25-28-4)20(26)27-3)16(11)10-29-24-12(2)15-8-13(21)9-17(22)18(15)23/h5-9H,10H2,1-4H3/b24-12+,25-19+. The third-order valence-corrected chi connectivity index (χ3v) is 4.48. The Kier molecular flexibility index (Phi) is 7.83. The van der Waals surface area contributed by atoms with Gasteiger partial charge in [-0.25, -0.2) is 13.6 Å². The first-order valence-electron chi connectivity index (χ1n) is 8.39. The van der Waals surface area contributed by atoms with E-state index < -0.39 is 17.6 Å². The predicted molar refractivity (Wildman–Crippen MR) is 108 cm³/mol. The summed E-state index contributed by atoms with van der Waals surface area (Å²) in [5.41, 5.74) is 1.97. The maximum atomic E-state index is 14.0. The molecule has 2 rings (SSSR count). The van der Waals surface area contributed by atoms with E-state index in [1.165, 1.54) is 27.2 Å². The number of hydrogen-bond donors (Lipinski definition) is 0. The van der Waals surface area contributed by atoms with Gasteiger partial charge in [0.2, 0.25) is 0 Å². The highest BCUT2D eigenvalue weighted by Gasteiger charge is 2.21. The van der Waals surface area contributed by atoms with Crippen molar-refractivity contribution in [3.63, 3.8) is 0 Å². The van der Waals surface area contributed by atoms with Gasteiger partial charge >= 0.3 is 5.97 Å². The predicted octanol–water partition coefficient (Wildman–Crippen LogP) is 4.50. The molecule has 2 aromatic carbocycles. The van der Waals surface area contributed by atoms with E-state index in [4.69, 9.17) is 14.4 Å². The van der Waals surface area contributed by atoms with Gasteiger partial charge in [0.15, 0.2) is 17.3 Å². The van der Waals surface area contributed by atoms with Gasteiger partial charge in [0.25, 0.3) is 0 Å². The summed E-state index contributed by atoms with van der Waals surface area (Å²) in [6.45, 7) is 3.27. The molecular weight excluding hydrogens is 450 g/mol. The van der Waals surface area contributed by atoms with Crippen molar-refractivity contribution in [3.8, 4) is 0 Å². The van der Waals surface area contributed by atoms with E-state index in [-0.39, 0.29) is 23.6 Å². The molecule has 0 unspecified atom stereocenters. The Balaban J connectivity index is 2.33. The quantitative estimate of drug-likeness (QED) is 0.259. The van der Waals surface area contributed by atoms with Gasteiger partial charge in [-0.05, 0) is 31.5 Å². The molecule has 0 aromatic heterocycles. The zero-order valence-corrected chi connectivity index (χ0v) is 17.8. The van der Waals surface area contributed by atoms with E-state index in [1.807, 2.05) is 13.0 Å². The second kappa shape index (κ2) is 10.1. The van der Waals surface area contributed by atoms with Crippen LogP contribution in [0.15, 0.2) is 45.1 Å². The zero-order valence-electron chi connectivity index (χ0n) is 16.3. The number of ether oxygens (including phenoxy) is 1. The lowest BCUT2D eigenvalue weighted by molar-refractivity contribution is -0.132. The van der Waals surface area contributed by atoms with Crippen LogP contribution in [0.1, 0.15) is 29.2 Å². The highest BCUT2D eigenvalue weighted by molar-refractivity contribution is 9.10. The molecule has 0 radical (unpaired) electrons. The molecule has 0 aliphatic carbocycles. The number of methoxy groups -OCH3 is 1. The van der Waals surface area contributed by atoms with Crippen LogP contribution in [-0.4, -0.2) is 31.6 Å². The molecule has 9 heteroatoms. The molecule has 29 heavy (non-hydrogen) atoms. The van der Waals surface area contributed by atoms with Gasteiger partial charge in [-0.15, -0.1) is 0 Å². The molecule has 0 N–H and O–H groups in total. The number of benzene rings is 2. The number of hydrogen-bond acceptors (Lipinski definition) is 6. The van der Waals surface area contributed by atoms with Crippen LogP contribution in [0.5, 0.6) is 0 Å². The van der Waals surface area contributed by atoms with E-state index in [1.54, 1.807) is 12.1 Å². The van der Waals surface area contributed by atoms with Gasteiger partial charge in [0, 0.05) is 21.2 Å². The SMILES string of the molecule is CO/N=C(/C(=O)OC)c1cccc(C)c1CO/N=C(\C)c1cc(Br)cc(F)c1F. The first kappa shape index (κ1) is 22.5. The van der Waals surface area contributed by atoms with E-state index in [0.717, 1.165) is 11.6 Å². The Bertz CT molecular complexity index is 977. The topological polar surface area (TPSA) is 69.5 Å². The molecule has 2 aromatic rings. The molecule has 0 amide bonds. The minimum Gasteiger partial charge on any atom is -0.464 e. The van der Waals surface area contributed by atoms with E-state index in [0.29, 0.717) is 15.6 Å². The fourth-order valence-electron chi connectivity index (χ4n) is 2.56. The van der Waals surface area contributed by atoms with Gasteiger partial charge < -0.3 is 14.4 Å². The summed E-state index contributed by atoms with van der Waals surface area (Å²) < 4.78 is 32.7. The Morgan fingerprint density at radius 2 is 1.86 bits per heavy atom. The number of aryl methyl sites for hydroxylation is 1. The number of halogens is 3. The van der Waals surface area contributed by atoms with Crippen molar-refractivity contribution in [1.82, 2.24) is 0 Å². The van der Waals surface area contributed by atoms with E-state index in [2.05, 4.69) is 26.2 Å². The van der Waals surface area contributed by atoms with Gasteiger partial charge in [-0.3, -0.25) is 0 Å². The fraction of sp³-hybridized carbons (Fsp3) is 0.250. The molecule has 154 valence electrons. The molecule has 0 fully saturated rings. The van der Waals surface area contributed by atoms with Crippen molar-refractivity contribution in [2.24, 2.45) is 10.3 Å². The van der Waals surface area contributed by atoms with Crippen LogP contribution in [-0.2, 0) is 25.8 Å². The van der Waals surface area contributed by atoms with Gasteiger partial charge in [-0.1, -0.05) is 44.4 Å². The van der Waals surface area contributed by atoms with Crippen molar-refractivity contribution in [2.75, 3.05) is 14.2 Å². The first-order valence-corrected chi connectivity index (χ1v) is 9.19.